The van der Waals surface area contributed by atoms with Crippen LogP contribution >= 0.6 is 22.6 Å². The summed E-state index contributed by atoms with van der Waals surface area (Å²) in [5.74, 6) is -1.18. The molecule has 0 unspecified atom stereocenters. The largest absolute Gasteiger partial charge is 0.345 e. The number of anilines is 1. The number of aromatic amines is 1. The van der Waals surface area contributed by atoms with E-state index in [1.807, 2.05) is 29.5 Å². The maximum atomic E-state index is 15.0. The van der Waals surface area contributed by atoms with Crippen molar-refractivity contribution in [2.24, 2.45) is 7.05 Å². The molecule has 25 heavy (non-hydrogen) atoms. The van der Waals surface area contributed by atoms with Crippen molar-refractivity contribution in [3.8, 4) is 0 Å². The molecule has 0 aliphatic carbocycles. The zero-order valence-electron chi connectivity index (χ0n) is 13.2. The third-order valence-electron chi connectivity index (χ3n) is 4.17. The lowest BCUT2D eigenvalue weighted by Gasteiger charge is -2.09. The van der Waals surface area contributed by atoms with Crippen molar-refractivity contribution in [1.29, 1.82) is 0 Å². The van der Waals surface area contributed by atoms with Gasteiger partial charge >= 0.3 is 5.69 Å². The summed E-state index contributed by atoms with van der Waals surface area (Å²) in [4.78, 5) is 14.8. The molecule has 6 nitrogen and oxygen atoms in total. The van der Waals surface area contributed by atoms with Gasteiger partial charge in [-0.15, -0.1) is 0 Å². The van der Waals surface area contributed by atoms with Crippen LogP contribution in [0.4, 0.5) is 14.5 Å². The molecule has 0 amide bonds. The maximum absolute atomic E-state index is 15.0. The van der Waals surface area contributed by atoms with Gasteiger partial charge in [0.2, 0.25) is 0 Å². The normalized spacial score (nSPS) is 11.6. The maximum Gasteiger partial charge on any atom is 0.345 e. The Morgan fingerprint density at radius 1 is 1.28 bits per heavy atom. The predicted octanol–water partition coefficient (Wildman–Crippen LogP) is 3.28. The van der Waals surface area contributed by atoms with Crippen molar-refractivity contribution in [3.63, 3.8) is 0 Å². The highest BCUT2D eigenvalue weighted by molar-refractivity contribution is 14.1. The number of imidazole rings is 1. The van der Waals surface area contributed by atoms with Crippen molar-refractivity contribution in [3.05, 3.63) is 55.6 Å². The minimum absolute atomic E-state index is 0.00597. The van der Waals surface area contributed by atoms with Gasteiger partial charge in [-0.05, 0) is 53.8 Å². The van der Waals surface area contributed by atoms with Crippen LogP contribution in [0, 0.1) is 22.1 Å². The third kappa shape index (κ3) is 2.41. The standard InChI is InChI=1S/C16H12F2IN5O/c1-7-9-6-12-15(13(18)14(9)22-23(7)2)24(16(25)20-12)21-11-4-3-8(19)5-10(11)17/h3-6,21H,1-2H3,(H,20,25). The fourth-order valence-electron chi connectivity index (χ4n) is 2.80. The molecular weight excluding hydrogens is 443 g/mol. The number of aromatic nitrogens is 4. The smallest absolute Gasteiger partial charge is 0.304 e. The lowest BCUT2D eigenvalue weighted by Crippen LogP contribution is -2.24. The van der Waals surface area contributed by atoms with Gasteiger partial charge < -0.3 is 4.98 Å². The van der Waals surface area contributed by atoms with E-state index in [-0.39, 0.29) is 16.7 Å². The Kier molecular flexibility index (Phi) is 3.56. The van der Waals surface area contributed by atoms with Crippen LogP contribution in [0.25, 0.3) is 21.9 Å². The molecule has 128 valence electrons. The minimum atomic E-state index is -0.645. The number of hydrogen-bond acceptors (Lipinski definition) is 3. The second kappa shape index (κ2) is 5.55. The highest BCUT2D eigenvalue weighted by Gasteiger charge is 2.19. The molecule has 2 heterocycles. The first-order valence-corrected chi connectivity index (χ1v) is 8.43. The van der Waals surface area contributed by atoms with Gasteiger partial charge in [0.25, 0.3) is 0 Å². The molecule has 2 aromatic heterocycles. The summed E-state index contributed by atoms with van der Waals surface area (Å²) < 4.78 is 32.3. The molecule has 0 bridgehead atoms. The zero-order chi connectivity index (χ0) is 17.9. The summed E-state index contributed by atoms with van der Waals surface area (Å²) in [6.45, 7) is 1.81. The second-order valence-corrected chi connectivity index (χ2v) is 6.94. The Morgan fingerprint density at radius 3 is 2.76 bits per heavy atom. The Morgan fingerprint density at radius 2 is 2.04 bits per heavy atom. The molecule has 0 saturated carbocycles. The minimum Gasteiger partial charge on any atom is -0.304 e. The number of nitrogens with one attached hydrogen (secondary N) is 2. The summed E-state index contributed by atoms with van der Waals surface area (Å²) in [5, 5.41) is 4.77. The van der Waals surface area contributed by atoms with Gasteiger partial charge in [0.05, 0.1) is 11.2 Å². The van der Waals surface area contributed by atoms with Crippen molar-refractivity contribution >= 4 is 50.2 Å². The number of halogens is 3. The Bertz CT molecular complexity index is 1210. The molecule has 0 fully saturated rings. The molecule has 0 radical (unpaired) electrons. The van der Waals surface area contributed by atoms with E-state index in [2.05, 4.69) is 15.5 Å². The lowest BCUT2D eigenvalue weighted by atomic mass is 10.2. The van der Waals surface area contributed by atoms with E-state index in [1.54, 1.807) is 23.9 Å². The van der Waals surface area contributed by atoms with Gasteiger partial charge in [-0.3, -0.25) is 10.1 Å². The van der Waals surface area contributed by atoms with E-state index in [1.165, 1.54) is 12.1 Å². The zero-order valence-corrected chi connectivity index (χ0v) is 15.4. The van der Waals surface area contributed by atoms with Gasteiger partial charge in [0.15, 0.2) is 5.82 Å². The lowest BCUT2D eigenvalue weighted by molar-refractivity contribution is 0.623. The summed E-state index contributed by atoms with van der Waals surface area (Å²) >= 11 is 1.98. The van der Waals surface area contributed by atoms with Crippen molar-refractivity contribution < 1.29 is 8.78 Å². The number of hydrogen-bond donors (Lipinski definition) is 2. The molecule has 9 heteroatoms. The van der Waals surface area contributed by atoms with Gasteiger partial charge in [-0.1, -0.05) is 0 Å². The number of H-pyrrole nitrogens is 1. The van der Waals surface area contributed by atoms with Crippen LogP contribution in [-0.4, -0.2) is 19.4 Å². The van der Waals surface area contributed by atoms with Crippen LogP contribution in [0.15, 0.2) is 29.1 Å². The monoisotopic (exact) mass is 455 g/mol. The average molecular weight is 455 g/mol. The van der Waals surface area contributed by atoms with E-state index >= 15 is 4.39 Å². The summed E-state index contributed by atoms with van der Waals surface area (Å²) in [6.07, 6.45) is 0. The van der Waals surface area contributed by atoms with E-state index in [0.717, 1.165) is 10.4 Å². The molecule has 0 atom stereocenters. The van der Waals surface area contributed by atoms with Crippen LogP contribution < -0.4 is 11.1 Å². The Balaban J connectivity index is 1.98. The number of aryl methyl sites for hydroxylation is 2. The van der Waals surface area contributed by atoms with Gasteiger partial charge in [0.1, 0.15) is 16.9 Å². The Labute approximate surface area is 153 Å². The van der Waals surface area contributed by atoms with Crippen LogP contribution in [0.3, 0.4) is 0 Å². The van der Waals surface area contributed by atoms with Crippen molar-refractivity contribution in [2.45, 2.75) is 6.92 Å². The molecule has 4 rings (SSSR count). The van der Waals surface area contributed by atoms with E-state index in [9.17, 15) is 9.18 Å². The summed E-state index contributed by atoms with van der Waals surface area (Å²) in [6, 6.07) is 6.16. The fourth-order valence-corrected chi connectivity index (χ4v) is 3.25. The molecular formula is C16H12F2IN5O. The molecule has 0 spiro atoms. The highest BCUT2D eigenvalue weighted by Crippen LogP contribution is 2.27. The first kappa shape index (κ1) is 16.1. The second-order valence-electron chi connectivity index (χ2n) is 5.69. The SMILES string of the molecule is Cc1c2cc3[nH]c(=O)n(Nc4ccc(I)cc4F)c3c(F)c2nn1C. The van der Waals surface area contributed by atoms with Crippen molar-refractivity contribution in [1.82, 2.24) is 19.4 Å². The summed E-state index contributed by atoms with van der Waals surface area (Å²) in [7, 11) is 1.72. The molecule has 4 aromatic rings. The first-order chi connectivity index (χ1) is 11.9. The fraction of sp³-hybridized carbons (Fsp3) is 0.125. The quantitative estimate of drug-likeness (QED) is 0.456. The summed E-state index contributed by atoms with van der Waals surface area (Å²) in [5.41, 5.74) is 3.35. The highest BCUT2D eigenvalue weighted by atomic mass is 127. The van der Waals surface area contributed by atoms with Crippen LogP contribution in [0.5, 0.6) is 0 Å². The van der Waals surface area contributed by atoms with E-state index in [0.29, 0.717) is 14.5 Å². The molecule has 2 aromatic carbocycles. The molecule has 0 saturated heterocycles. The number of fused-ring (bicyclic) bond motifs is 2. The van der Waals surface area contributed by atoms with E-state index in [4.69, 9.17) is 0 Å². The van der Waals surface area contributed by atoms with Crippen LogP contribution in [0.1, 0.15) is 5.69 Å². The number of rotatable bonds is 2. The number of benzene rings is 2. The van der Waals surface area contributed by atoms with Crippen LogP contribution in [0.2, 0.25) is 0 Å². The molecule has 0 aliphatic heterocycles. The molecule has 0 aliphatic rings. The van der Waals surface area contributed by atoms with E-state index < -0.39 is 17.3 Å². The van der Waals surface area contributed by atoms with Gasteiger partial charge in [-0.25, -0.2) is 13.6 Å². The van der Waals surface area contributed by atoms with Gasteiger partial charge in [0, 0.05) is 21.7 Å². The Hall–Kier alpha value is -2.43. The molecule has 2 N–H and O–H groups in total. The van der Waals surface area contributed by atoms with Gasteiger partial charge in [-0.2, -0.15) is 9.77 Å². The topological polar surface area (TPSA) is 67.6 Å². The average Bonchev–Trinajstić information content (AvgIpc) is 3.01. The van der Waals surface area contributed by atoms with Crippen LogP contribution in [-0.2, 0) is 7.05 Å². The predicted molar refractivity (Wildman–Crippen MR) is 99.7 cm³/mol. The third-order valence-corrected chi connectivity index (χ3v) is 4.84. The number of nitrogens with zero attached hydrogens (tertiary/aromatic N) is 3. The van der Waals surface area contributed by atoms with Crippen molar-refractivity contribution in [2.75, 3.05) is 5.43 Å². The first-order valence-electron chi connectivity index (χ1n) is 7.35.